The van der Waals surface area contributed by atoms with E-state index in [1.807, 2.05) is 11.4 Å². The molecule has 2 rings (SSSR count). The van der Waals surface area contributed by atoms with Crippen molar-refractivity contribution in [1.82, 2.24) is 5.32 Å². The van der Waals surface area contributed by atoms with Gasteiger partial charge in [-0.3, -0.25) is 4.79 Å². The predicted molar refractivity (Wildman–Crippen MR) is 55.5 cm³/mol. The molecular weight excluding hydrogens is 198 g/mol. The molecular formula is C10H13NO2S. The number of aliphatic carboxylic acids is 1. The van der Waals surface area contributed by atoms with E-state index in [-0.39, 0.29) is 11.8 Å². The lowest BCUT2D eigenvalue weighted by Crippen LogP contribution is -2.23. The van der Waals surface area contributed by atoms with Crippen molar-refractivity contribution in [3.05, 3.63) is 22.4 Å². The molecule has 0 saturated carbocycles. The van der Waals surface area contributed by atoms with Gasteiger partial charge >= 0.3 is 5.97 Å². The van der Waals surface area contributed by atoms with Crippen LogP contribution in [0.4, 0.5) is 0 Å². The Kier molecular flexibility index (Phi) is 2.84. The van der Waals surface area contributed by atoms with Crippen LogP contribution in [0.2, 0.25) is 0 Å². The van der Waals surface area contributed by atoms with Gasteiger partial charge in [0.1, 0.15) is 0 Å². The molecule has 76 valence electrons. The molecule has 0 spiro atoms. The van der Waals surface area contributed by atoms with Crippen LogP contribution in [-0.2, 0) is 11.2 Å². The Labute approximate surface area is 86.8 Å². The summed E-state index contributed by atoms with van der Waals surface area (Å²) < 4.78 is 0. The SMILES string of the molecule is O=C(O)C1CNCC1Cc1cccs1. The zero-order valence-corrected chi connectivity index (χ0v) is 8.59. The van der Waals surface area contributed by atoms with Gasteiger partial charge in [-0.1, -0.05) is 6.07 Å². The molecule has 0 amide bonds. The minimum atomic E-state index is -0.670. The number of carboxylic acid groups (broad SMARTS) is 1. The Morgan fingerprint density at radius 1 is 1.64 bits per heavy atom. The third-order valence-electron chi connectivity index (χ3n) is 2.70. The van der Waals surface area contributed by atoms with Crippen molar-refractivity contribution in [2.75, 3.05) is 13.1 Å². The Balaban J connectivity index is 2.00. The van der Waals surface area contributed by atoms with Gasteiger partial charge in [-0.05, 0) is 30.3 Å². The summed E-state index contributed by atoms with van der Waals surface area (Å²) in [7, 11) is 0. The fraction of sp³-hybridized carbons (Fsp3) is 0.500. The van der Waals surface area contributed by atoms with Crippen LogP contribution < -0.4 is 5.32 Å². The van der Waals surface area contributed by atoms with Crippen molar-refractivity contribution >= 4 is 17.3 Å². The molecule has 1 saturated heterocycles. The molecule has 14 heavy (non-hydrogen) atoms. The van der Waals surface area contributed by atoms with Crippen molar-refractivity contribution in [2.24, 2.45) is 11.8 Å². The first kappa shape index (κ1) is 9.68. The highest BCUT2D eigenvalue weighted by molar-refractivity contribution is 7.09. The minimum Gasteiger partial charge on any atom is -0.481 e. The molecule has 1 aromatic heterocycles. The summed E-state index contributed by atoms with van der Waals surface area (Å²) in [5.41, 5.74) is 0. The monoisotopic (exact) mass is 211 g/mol. The van der Waals surface area contributed by atoms with E-state index in [2.05, 4.69) is 11.4 Å². The fourth-order valence-electron chi connectivity index (χ4n) is 1.92. The molecule has 2 unspecified atom stereocenters. The van der Waals surface area contributed by atoms with Gasteiger partial charge in [0.05, 0.1) is 5.92 Å². The number of rotatable bonds is 3. The molecule has 0 bridgehead atoms. The largest absolute Gasteiger partial charge is 0.481 e. The van der Waals surface area contributed by atoms with E-state index in [0.29, 0.717) is 6.54 Å². The highest BCUT2D eigenvalue weighted by Gasteiger charge is 2.32. The molecule has 2 atom stereocenters. The lowest BCUT2D eigenvalue weighted by molar-refractivity contribution is -0.142. The molecule has 2 heterocycles. The molecule has 4 heteroatoms. The first-order chi connectivity index (χ1) is 6.77. The maximum Gasteiger partial charge on any atom is 0.308 e. The van der Waals surface area contributed by atoms with Gasteiger partial charge in [-0.2, -0.15) is 0 Å². The molecule has 0 aliphatic carbocycles. The summed E-state index contributed by atoms with van der Waals surface area (Å²) in [4.78, 5) is 12.2. The van der Waals surface area contributed by atoms with Gasteiger partial charge in [0, 0.05) is 11.4 Å². The van der Waals surface area contributed by atoms with E-state index in [1.165, 1.54) is 4.88 Å². The lowest BCUT2D eigenvalue weighted by atomic mass is 9.92. The van der Waals surface area contributed by atoms with Crippen LogP contribution in [0, 0.1) is 11.8 Å². The van der Waals surface area contributed by atoms with Crippen LogP contribution in [0.5, 0.6) is 0 Å². The predicted octanol–water partition coefficient (Wildman–Crippen LogP) is 1.21. The second-order valence-corrected chi connectivity index (χ2v) is 4.68. The van der Waals surface area contributed by atoms with E-state index in [0.717, 1.165) is 13.0 Å². The average Bonchev–Trinajstić information content (AvgIpc) is 2.75. The van der Waals surface area contributed by atoms with Gasteiger partial charge in [0.15, 0.2) is 0 Å². The normalized spacial score (nSPS) is 26.6. The van der Waals surface area contributed by atoms with Crippen molar-refractivity contribution in [1.29, 1.82) is 0 Å². The fourth-order valence-corrected chi connectivity index (χ4v) is 2.72. The van der Waals surface area contributed by atoms with Crippen LogP contribution >= 0.6 is 11.3 Å². The second-order valence-electron chi connectivity index (χ2n) is 3.65. The number of carbonyl (C=O) groups is 1. The summed E-state index contributed by atoms with van der Waals surface area (Å²) in [6.07, 6.45) is 0.891. The van der Waals surface area contributed by atoms with E-state index in [1.54, 1.807) is 11.3 Å². The van der Waals surface area contributed by atoms with E-state index < -0.39 is 5.97 Å². The third kappa shape index (κ3) is 1.96. The van der Waals surface area contributed by atoms with Gasteiger partial charge < -0.3 is 10.4 Å². The summed E-state index contributed by atoms with van der Waals surface area (Å²) >= 11 is 1.70. The van der Waals surface area contributed by atoms with Crippen molar-refractivity contribution in [2.45, 2.75) is 6.42 Å². The average molecular weight is 211 g/mol. The minimum absolute atomic E-state index is 0.211. The molecule has 0 aromatic carbocycles. The first-order valence-corrected chi connectivity index (χ1v) is 5.61. The highest BCUT2D eigenvalue weighted by atomic mass is 32.1. The first-order valence-electron chi connectivity index (χ1n) is 4.73. The number of thiophene rings is 1. The maximum absolute atomic E-state index is 10.9. The van der Waals surface area contributed by atoms with Gasteiger partial charge in [0.25, 0.3) is 0 Å². The molecule has 1 aliphatic rings. The number of hydrogen-bond acceptors (Lipinski definition) is 3. The van der Waals surface area contributed by atoms with E-state index >= 15 is 0 Å². The molecule has 0 radical (unpaired) electrons. The summed E-state index contributed by atoms with van der Waals surface area (Å²) in [5.74, 6) is -0.625. The van der Waals surface area contributed by atoms with Crippen molar-refractivity contribution in [3.63, 3.8) is 0 Å². The van der Waals surface area contributed by atoms with Crippen molar-refractivity contribution < 1.29 is 9.90 Å². The summed E-state index contributed by atoms with van der Waals surface area (Å²) in [6.45, 7) is 1.44. The molecule has 1 aliphatic heterocycles. The Morgan fingerprint density at radius 3 is 3.14 bits per heavy atom. The van der Waals surface area contributed by atoms with Gasteiger partial charge in [0.2, 0.25) is 0 Å². The van der Waals surface area contributed by atoms with Crippen molar-refractivity contribution in [3.8, 4) is 0 Å². The second kappa shape index (κ2) is 4.11. The zero-order chi connectivity index (χ0) is 9.97. The van der Waals surface area contributed by atoms with Crippen LogP contribution in [0.3, 0.4) is 0 Å². The smallest absolute Gasteiger partial charge is 0.308 e. The third-order valence-corrected chi connectivity index (χ3v) is 3.60. The summed E-state index contributed by atoms with van der Waals surface area (Å²) in [5, 5.41) is 14.2. The molecule has 3 nitrogen and oxygen atoms in total. The Hall–Kier alpha value is -0.870. The number of carboxylic acids is 1. The van der Waals surface area contributed by atoms with Crippen LogP contribution in [0.15, 0.2) is 17.5 Å². The van der Waals surface area contributed by atoms with Crippen LogP contribution in [-0.4, -0.2) is 24.2 Å². The maximum atomic E-state index is 10.9. The Morgan fingerprint density at radius 2 is 2.50 bits per heavy atom. The topological polar surface area (TPSA) is 49.3 Å². The van der Waals surface area contributed by atoms with Gasteiger partial charge in [-0.15, -0.1) is 11.3 Å². The standard InChI is InChI=1S/C10H13NO2S/c12-10(13)9-6-11-5-7(9)4-8-2-1-3-14-8/h1-3,7,9,11H,4-6H2,(H,12,13). The summed E-state index contributed by atoms with van der Waals surface area (Å²) in [6, 6.07) is 4.08. The van der Waals surface area contributed by atoms with Crippen LogP contribution in [0.1, 0.15) is 4.88 Å². The zero-order valence-electron chi connectivity index (χ0n) is 7.77. The van der Waals surface area contributed by atoms with E-state index in [4.69, 9.17) is 5.11 Å². The number of nitrogens with one attached hydrogen (secondary N) is 1. The van der Waals surface area contributed by atoms with Crippen LogP contribution in [0.25, 0.3) is 0 Å². The van der Waals surface area contributed by atoms with Gasteiger partial charge in [-0.25, -0.2) is 0 Å². The molecule has 2 N–H and O–H groups in total. The Bertz CT molecular complexity index is 310. The number of hydrogen-bond donors (Lipinski definition) is 2. The quantitative estimate of drug-likeness (QED) is 0.790. The molecule has 1 fully saturated rings. The molecule has 1 aromatic rings. The van der Waals surface area contributed by atoms with E-state index in [9.17, 15) is 4.79 Å². The lowest BCUT2D eigenvalue weighted by Gasteiger charge is -2.12. The highest BCUT2D eigenvalue weighted by Crippen LogP contribution is 2.23.